The van der Waals surface area contributed by atoms with E-state index in [2.05, 4.69) is 10.1 Å². The third kappa shape index (κ3) is 5.24. The SMILES string of the molecule is Cc1cc(-c2ccc(C)c(S(=O)(=O)CCC(=O)N3CCN(c4ccc(F)cc4)CC3)c2)on1. The Kier molecular flexibility index (Phi) is 6.51. The highest BCUT2D eigenvalue weighted by Gasteiger charge is 2.25. The number of halogens is 1. The fourth-order valence-electron chi connectivity index (χ4n) is 3.94. The first-order valence-corrected chi connectivity index (χ1v) is 12.4. The summed E-state index contributed by atoms with van der Waals surface area (Å²) in [6, 6.07) is 13.1. The highest BCUT2D eigenvalue weighted by Crippen LogP contribution is 2.27. The highest BCUT2D eigenvalue weighted by atomic mass is 32.2. The molecule has 33 heavy (non-hydrogen) atoms. The van der Waals surface area contributed by atoms with E-state index in [1.165, 1.54) is 12.1 Å². The molecule has 2 aromatic carbocycles. The number of aromatic nitrogens is 1. The van der Waals surface area contributed by atoms with Crippen LogP contribution in [-0.2, 0) is 14.6 Å². The summed E-state index contributed by atoms with van der Waals surface area (Å²) in [5, 5.41) is 3.85. The zero-order chi connectivity index (χ0) is 23.6. The second-order valence-corrected chi connectivity index (χ2v) is 10.3. The van der Waals surface area contributed by atoms with Crippen LogP contribution in [0.4, 0.5) is 10.1 Å². The lowest BCUT2D eigenvalue weighted by molar-refractivity contribution is -0.131. The van der Waals surface area contributed by atoms with Gasteiger partial charge in [0.05, 0.1) is 16.3 Å². The van der Waals surface area contributed by atoms with Gasteiger partial charge >= 0.3 is 0 Å². The van der Waals surface area contributed by atoms with Gasteiger partial charge in [-0.15, -0.1) is 0 Å². The molecule has 9 heteroatoms. The summed E-state index contributed by atoms with van der Waals surface area (Å²) in [6.45, 7) is 5.75. The maximum atomic E-state index is 13.1. The molecule has 0 atom stereocenters. The minimum absolute atomic E-state index is 0.0794. The van der Waals surface area contributed by atoms with Gasteiger partial charge in [-0.3, -0.25) is 4.79 Å². The topological polar surface area (TPSA) is 83.7 Å². The summed E-state index contributed by atoms with van der Waals surface area (Å²) < 4.78 is 44.5. The van der Waals surface area contributed by atoms with Crippen molar-refractivity contribution < 1.29 is 22.1 Å². The number of piperazine rings is 1. The molecule has 0 N–H and O–H groups in total. The van der Waals surface area contributed by atoms with Crippen molar-refractivity contribution in [3.8, 4) is 11.3 Å². The van der Waals surface area contributed by atoms with E-state index in [4.69, 9.17) is 4.52 Å². The van der Waals surface area contributed by atoms with E-state index in [9.17, 15) is 17.6 Å². The molecular formula is C24H26FN3O4S. The Morgan fingerprint density at radius 3 is 2.36 bits per heavy atom. The van der Waals surface area contributed by atoms with Crippen molar-refractivity contribution in [1.29, 1.82) is 0 Å². The summed E-state index contributed by atoms with van der Waals surface area (Å²) in [7, 11) is -3.66. The van der Waals surface area contributed by atoms with Crippen molar-refractivity contribution in [2.45, 2.75) is 25.2 Å². The Bertz CT molecular complexity index is 1250. The second kappa shape index (κ2) is 9.35. The Hall–Kier alpha value is -3.20. The predicted molar refractivity (Wildman–Crippen MR) is 123 cm³/mol. The fourth-order valence-corrected chi connectivity index (χ4v) is 5.47. The lowest BCUT2D eigenvalue weighted by Crippen LogP contribution is -2.49. The van der Waals surface area contributed by atoms with Crippen molar-refractivity contribution >= 4 is 21.4 Å². The minimum atomic E-state index is -3.66. The smallest absolute Gasteiger partial charge is 0.223 e. The molecule has 3 aromatic rings. The quantitative estimate of drug-likeness (QED) is 0.546. The van der Waals surface area contributed by atoms with Crippen LogP contribution in [0.25, 0.3) is 11.3 Å². The number of rotatable bonds is 6. The van der Waals surface area contributed by atoms with Gasteiger partial charge in [0.1, 0.15) is 5.82 Å². The lowest BCUT2D eigenvalue weighted by Gasteiger charge is -2.36. The van der Waals surface area contributed by atoms with Crippen LogP contribution in [0.5, 0.6) is 0 Å². The molecule has 0 radical (unpaired) electrons. The van der Waals surface area contributed by atoms with Gasteiger partial charge in [0.2, 0.25) is 5.91 Å². The summed E-state index contributed by atoms with van der Waals surface area (Å²) in [5.74, 6) is -0.231. The second-order valence-electron chi connectivity index (χ2n) is 8.23. The molecule has 0 bridgehead atoms. The van der Waals surface area contributed by atoms with Gasteiger partial charge in [0.15, 0.2) is 15.6 Å². The standard InChI is InChI=1S/C24H26FN3O4S/c1-17-3-4-19(22-15-18(2)26-32-22)16-23(17)33(30,31)14-9-24(29)28-12-10-27(11-13-28)21-7-5-20(25)6-8-21/h3-8,15-16H,9-14H2,1-2H3. The van der Waals surface area contributed by atoms with Crippen molar-refractivity contribution in [2.75, 3.05) is 36.8 Å². The number of carbonyl (C=O) groups excluding carboxylic acids is 1. The van der Waals surface area contributed by atoms with Crippen LogP contribution >= 0.6 is 0 Å². The highest BCUT2D eigenvalue weighted by molar-refractivity contribution is 7.91. The average Bonchev–Trinajstić information content (AvgIpc) is 3.24. The van der Waals surface area contributed by atoms with Crippen LogP contribution in [0, 0.1) is 19.7 Å². The summed E-state index contributed by atoms with van der Waals surface area (Å²) >= 11 is 0. The molecule has 174 valence electrons. The van der Waals surface area contributed by atoms with Crippen LogP contribution < -0.4 is 4.90 Å². The summed E-state index contributed by atoms with van der Waals surface area (Å²) in [5.41, 5.74) is 2.86. The van der Waals surface area contributed by atoms with E-state index in [1.54, 1.807) is 55.1 Å². The van der Waals surface area contributed by atoms with Crippen LogP contribution in [0.3, 0.4) is 0 Å². The van der Waals surface area contributed by atoms with Gasteiger partial charge < -0.3 is 14.3 Å². The van der Waals surface area contributed by atoms with E-state index >= 15 is 0 Å². The molecule has 1 aliphatic rings. The van der Waals surface area contributed by atoms with Gasteiger partial charge in [0.25, 0.3) is 0 Å². The maximum Gasteiger partial charge on any atom is 0.223 e. The van der Waals surface area contributed by atoms with Crippen molar-refractivity contribution in [1.82, 2.24) is 10.1 Å². The molecule has 1 saturated heterocycles. The first kappa shape index (κ1) is 23.0. The molecule has 0 unspecified atom stereocenters. The van der Waals surface area contributed by atoms with Gasteiger partial charge in [-0.2, -0.15) is 0 Å². The van der Waals surface area contributed by atoms with E-state index in [0.29, 0.717) is 48.8 Å². The van der Waals surface area contributed by atoms with Crippen LogP contribution in [0.1, 0.15) is 17.7 Å². The summed E-state index contributed by atoms with van der Waals surface area (Å²) in [6.07, 6.45) is -0.0794. The molecule has 0 aliphatic carbocycles. The summed E-state index contributed by atoms with van der Waals surface area (Å²) in [4.78, 5) is 16.7. The fraction of sp³-hybridized carbons (Fsp3) is 0.333. The molecule has 0 spiro atoms. The third-order valence-corrected chi connectivity index (χ3v) is 7.70. The van der Waals surface area contributed by atoms with Crippen molar-refractivity contribution in [3.63, 3.8) is 0 Å². The zero-order valence-electron chi connectivity index (χ0n) is 18.6. The molecule has 0 saturated carbocycles. The third-order valence-electron chi connectivity index (χ3n) is 5.84. The number of hydrogen-bond acceptors (Lipinski definition) is 6. The number of benzene rings is 2. The van der Waals surface area contributed by atoms with Crippen LogP contribution in [0.2, 0.25) is 0 Å². The number of amides is 1. The van der Waals surface area contributed by atoms with E-state index in [-0.39, 0.29) is 28.8 Å². The first-order chi connectivity index (χ1) is 15.7. The Labute approximate surface area is 192 Å². The first-order valence-electron chi connectivity index (χ1n) is 10.8. The van der Waals surface area contributed by atoms with E-state index < -0.39 is 9.84 Å². The number of aryl methyl sites for hydroxylation is 2. The number of sulfone groups is 1. The van der Waals surface area contributed by atoms with Gasteiger partial charge in [-0.1, -0.05) is 17.3 Å². The van der Waals surface area contributed by atoms with Gasteiger partial charge in [0, 0.05) is 49.9 Å². The molecule has 2 heterocycles. The Balaban J connectivity index is 1.37. The maximum absolute atomic E-state index is 13.1. The molecule has 1 fully saturated rings. The normalized spacial score (nSPS) is 14.5. The molecule has 1 aromatic heterocycles. The molecule has 7 nitrogen and oxygen atoms in total. The largest absolute Gasteiger partial charge is 0.368 e. The molecule has 1 aliphatic heterocycles. The molecule has 4 rings (SSSR count). The van der Waals surface area contributed by atoms with Gasteiger partial charge in [-0.25, -0.2) is 12.8 Å². The van der Waals surface area contributed by atoms with E-state index in [0.717, 1.165) is 5.69 Å². The van der Waals surface area contributed by atoms with Crippen LogP contribution in [0.15, 0.2) is 57.9 Å². The number of hydrogen-bond donors (Lipinski definition) is 0. The number of carbonyl (C=O) groups is 1. The number of nitrogens with zero attached hydrogens (tertiary/aromatic N) is 3. The van der Waals surface area contributed by atoms with E-state index in [1.807, 2.05) is 0 Å². The van der Waals surface area contributed by atoms with Crippen molar-refractivity contribution in [2.24, 2.45) is 0 Å². The molecular weight excluding hydrogens is 445 g/mol. The monoisotopic (exact) mass is 471 g/mol. The lowest BCUT2D eigenvalue weighted by atomic mass is 10.1. The number of anilines is 1. The predicted octanol–water partition coefficient (Wildman–Crippen LogP) is 3.61. The Morgan fingerprint density at radius 2 is 1.73 bits per heavy atom. The van der Waals surface area contributed by atoms with Crippen molar-refractivity contribution in [3.05, 3.63) is 65.6 Å². The van der Waals surface area contributed by atoms with Crippen LogP contribution in [-0.4, -0.2) is 56.3 Å². The Morgan fingerprint density at radius 1 is 1.03 bits per heavy atom. The average molecular weight is 472 g/mol. The zero-order valence-corrected chi connectivity index (χ0v) is 19.4. The van der Waals surface area contributed by atoms with Gasteiger partial charge in [-0.05, 0) is 49.7 Å². The minimum Gasteiger partial charge on any atom is -0.368 e. The molecule has 1 amide bonds.